The number of aromatic hydroxyl groups is 2. The molecule has 5 rings (SSSR count). The number of pyridine rings is 2. The van der Waals surface area contributed by atoms with Crippen LogP contribution in [-0.2, 0) is 27.3 Å². The van der Waals surface area contributed by atoms with Crippen molar-refractivity contribution in [2.24, 2.45) is 9.98 Å². The summed E-state index contributed by atoms with van der Waals surface area (Å²) in [6.07, 6.45) is 11.1. The first kappa shape index (κ1) is 34.1. The van der Waals surface area contributed by atoms with E-state index in [1.807, 2.05) is 73.1 Å². The first-order valence-electron chi connectivity index (χ1n) is 15.6. The Kier molecular flexibility index (Phi) is 10.7. The molecule has 1 saturated carbocycles. The van der Waals surface area contributed by atoms with Crippen LogP contribution >= 0.6 is 0 Å². The molecule has 7 heteroatoms. The Bertz CT molecular complexity index is 1530. The summed E-state index contributed by atoms with van der Waals surface area (Å²) in [6.45, 7) is 13.0. The molecule has 45 heavy (non-hydrogen) atoms. The van der Waals surface area contributed by atoms with Crippen LogP contribution in [0.2, 0.25) is 0 Å². The fourth-order valence-corrected chi connectivity index (χ4v) is 5.60. The van der Waals surface area contributed by atoms with Gasteiger partial charge in [0, 0.05) is 63.6 Å². The van der Waals surface area contributed by atoms with Gasteiger partial charge in [0.2, 0.25) is 0 Å². The first-order chi connectivity index (χ1) is 20.9. The zero-order chi connectivity index (χ0) is 31.5. The second-order valence-corrected chi connectivity index (χ2v) is 13.8. The van der Waals surface area contributed by atoms with Crippen molar-refractivity contribution in [2.45, 2.75) is 90.1 Å². The maximum Gasteiger partial charge on any atom is 0.133 e. The van der Waals surface area contributed by atoms with Crippen LogP contribution in [0.5, 0.6) is 11.5 Å². The number of phenols is 2. The van der Waals surface area contributed by atoms with Crippen LogP contribution in [0.1, 0.15) is 89.5 Å². The molecule has 6 nitrogen and oxygen atoms in total. The zero-order valence-electron chi connectivity index (χ0n) is 27.1. The second-order valence-electron chi connectivity index (χ2n) is 13.8. The fraction of sp³-hybridized carbons (Fsp3) is 0.368. The van der Waals surface area contributed by atoms with Crippen LogP contribution in [-0.4, -0.2) is 44.7 Å². The predicted octanol–water partition coefficient (Wildman–Crippen LogP) is 8.66. The van der Waals surface area contributed by atoms with Crippen molar-refractivity contribution in [3.63, 3.8) is 0 Å². The van der Waals surface area contributed by atoms with E-state index in [4.69, 9.17) is 9.98 Å². The van der Waals surface area contributed by atoms with Gasteiger partial charge in [-0.1, -0.05) is 66.5 Å². The number of nitrogens with zero attached hydrogens (tertiary/aromatic N) is 4. The zero-order valence-corrected chi connectivity index (χ0v) is 28.1. The minimum absolute atomic E-state index is 0. The molecular formula is C38H44N4NiO2. The molecule has 2 heterocycles. The van der Waals surface area contributed by atoms with Crippen LogP contribution in [0.15, 0.2) is 83.0 Å². The number of benzene rings is 2. The molecule has 0 unspecified atom stereocenters. The quantitative estimate of drug-likeness (QED) is 0.162. The molecule has 0 spiro atoms. The summed E-state index contributed by atoms with van der Waals surface area (Å²) >= 11 is 0. The average Bonchev–Trinajstić information content (AvgIpc) is 3.00. The fourth-order valence-electron chi connectivity index (χ4n) is 5.60. The normalized spacial score (nSPS) is 17.5. The molecule has 1 aliphatic rings. The van der Waals surface area contributed by atoms with Gasteiger partial charge in [-0.2, -0.15) is 0 Å². The third-order valence-electron chi connectivity index (χ3n) is 8.40. The van der Waals surface area contributed by atoms with Crippen molar-refractivity contribution < 1.29 is 26.7 Å². The molecule has 0 amide bonds. The van der Waals surface area contributed by atoms with E-state index in [2.05, 4.69) is 51.5 Å². The third-order valence-corrected chi connectivity index (χ3v) is 8.40. The van der Waals surface area contributed by atoms with Gasteiger partial charge in [0.25, 0.3) is 0 Å². The van der Waals surface area contributed by atoms with Gasteiger partial charge in [0.05, 0.1) is 23.5 Å². The van der Waals surface area contributed by atoms with Crippen LogP contribution < -0.4 is 0 Å². The molecule has 238 valence electrons. The Morgan fingerprint density at radius 1 is 0.644 bits per heavy atom. The van der Waals surface area contributed by atoms with Gasteiger partial charge in [0.1, 0.15) is 11.5 Å². The molecule has 0 saturated heterocycles. The van der Waals surface area contributed by atoms with E-state index in [1.165, 1.54) is 0 Å². The Labute approximate surface area is 277 Å². The van der Waals surface area contributed by atoms with Crippen molar-refractivity contribution in [1.82, 2.24) is 9.97 Å². The Morgan fingerprint density at radius 3 is 1.38 bits per heavy atom. The minimum atomic E-state index is -0.116. The van der Waals surface area contributed by atoms with Crippen molar-refractivity contribution in [2.75, 3.05) is 0 Å². The molecule has 1 aliphatic carbocycles. The topological polar surface area (TPSA) is 91.0 Å². The Morgan fingerprint density at radius 2 is 1.04 bits per heavy atom. The standard InChI is InChI=1S/C38H44N4O2.Ni/c1-37(2,3)27-19-25(35(43)29(21-27)31-13-9-11-17-39-31)23-41-33-15-7-8-16-34(33)42-24-26-20-28(38(4,5)6)22-30(36(26)44)32-14-10-12-18-40-32;/h9-14,17-24,33-34,43-44H,7-8,15-16H2,1-6H3;/t33-,34-;/m0./s1. The summed E-state index contributed by atoms with van der Waals surface area (Å²) in [5.74, 6) is 0.365. The summed E-state index contributed by atoms with van der Waals surface area (Å²) in [5.41, 5.74) is 6.21. The van der Waals surface area contributed by atoms with Crippen LogP contribution in [0.4, 0.5) is 0 Å². The molecule has 0 radical (unpaired) electrons. The number of hydrogen-bond donors (Lipinski definition) is 2. The molecule has 4 aromatic rings. The second kappa shape index (κ2) is 14.1. The van der Waals surface area contributed by atoms with Gasteiger partial charge in [-0.05, 0) is 83.3 Å². The number of hydrogen-bond acceptors (Lipinski definition) is 6. The van der Waals surface area contributed by atoms with Crippen molar-refractivity contribution in [3.8, 4) is 34.0 Å². The molecular weight excluding hydrogens is 603 g/mol. The van der Waals surface area contributed by atoms with Crippen molar-refractivity contribution >= 4 is 12.4 Å². The maximum absolute atomic E-state index is 11.3. The van der Waals surface area contributed by atoms with Gasteiger partial charge in [-0.15, -0.1) is 0 Å². The number of phenolic OH excluding ortho intramolecular Hbond substituents is 2. The van der Waals surface area contributed by atoms with Gasteiger partial charge in [-0.25, -0.2) is 0 Å². The molecule has 2 atom stereocenters. The molecule has 2 aromatic carbocycles. The van der Waals surface area contributed by atoms with Crippen LogP contribution in [0, 0.1) is 0 Å². The molecule has 0 aliphatic heterocycles. The summed E-state index contributed by atoms with van der Waals surface area (Å²) in [6, 6.07) is 19.5. The first-order valence-corrected chi connectivity index (χ1v) is 15.6. The van der Waals surface area contributed by atoms with Crippen LogP contribution in [0.25, 0.3) is 22.5 Å². The molecule has 2 aromatic heterocycles. The number of rotatable bonds is 6. The molecule has 2 N–H and O–H groups in total. The average molecular weight is 647 g/mol. The number of aliphatic imine (C=N–C) groups is 2. The van der Waals surface area contributed by atoms with E-state index < -0.39 is 0 Å². The predicted molar refractivity (Wildman–Crippen MR) is 181 cm³/mol. The van der Waals surface area contributed by atoms with Gasteiger partial charge in [-0.3, -0.25) is 20.0 Å². The van der Waals surface area contributed by atoms with Gasteiger partial charge in [0.15, 0.2) is 0 Å². The monoisotopic (exact) mass is 646 g/mol. The van der Waals surface area contributed by atoms with Gasteiger partial charge >= 0.3 is 0 Å². The Balaban J connectivity index is 0.00000461. The smallest absolute Gasteiger partial charge is 0.133 e. The van der Waals surface area contributed by atoms with E-state index in [-0.39, 0.29) is 50.9 Å². The SMILES string of the molecule is CC(C)(C)c1cc(C=N[C@H]2CCCC[C@@H]2N=Cc2cc(C(C)(C)C)cc(-c3ccccn3)c2O)c(O)c(-c2ccccn2)c1.[Ni]. The summed E-state index contributed by atoms with van der Waals surface area (Å²) in [4.78, 5) is 19.0. The third kappa shape index (κ3) is 8.07. The van der Waals surface area contributed by atoms with Crippen LogP contribution in [0.3, 0.4) is 0 Å². The Hall–Kier alpha value is -3.83. The number of aromatic nitrogens is 2. The molecule has 1 fully saturated rings. The van der Waals surface area contributed by atoms with E-state index in [9.17, 15) is 10.2 Å². The minimum Gasteiger partial charge on any atom is -0.507 e. The van der Waals surface area contributed by atoms with E-state index in [1.54, 1.807) is 12.4 Å². The van der Waals surface area contributed by atoms with E-state index in [0.29, 0.717) is 22.3 Å². The summed E-state index contributed by atoms with van der Waals surface area (Å²) < 4.78 is 0. The maximum atomic E-state index is 11.3. The molecule has 0 bridgehead atoms. The van der Waals surface area contributed by atoms with E-state index in [0.717, 1.165) is 48.2 Å². The van der Waals surface area contributed by atoms with E-state index >= 15 is 0 Å². The van der Waals surface area contributed by atoms with Crippen molar-refractivity contribution in [3.05, 3.63) is 95.3 Å². The van der Waals surface area contributed by atoms with Crippen molar-refractivity contribution in [1.29, 1.82) is 0 Å². The van der Waals surface area contributed by atoms with Gasteiger partial charge < -0.3 is 10.2 Å². The summed E-state index contributed by atoms with van der Waals surface area (Å²) in [5, 5.41) is 22.7. The largest absolute Gasteiger partial charge is 0.507 e. The summed E-state index contributed by atoms with van der Waals surface area (Å²) in [7, 11) is 0.